The first-order valence-corrected chi connectivity index (χ1v) is 9.07. The van der Waals surface area contributed by atoms with Crippen molar-refractivity contribution in [1.82, 2.24) is 5.32 Å². The summed E-state index contributed by atoms with van der Waals surface area (Å²) in [6.45, 7) is 7.72. The molecule has 0 fully saturated rings. The normalized spacial score (nSPS) is 12.5. The number of hydrogen-bond acceptors (Lipinski definition) is 1. The third-order valence-corrected chi connectivity index (χ3v) is 4.24. The predicted molar refractivity (Wildman–Crippen MR) is 94.8 cm³/mol. The molecule has 0 aliphatic heterocycles. The molecule has 1 aromatic rings. The first-order valence-electron chi connectivity index (χ1n) is 9.07. The Morgan fingerprint density at radius 1 is 0.905 bits per heavy atom. The Balaban J connectivity index is 2.23. The van der Waals surface area contributed by atoms with Crippen molar-refractivity contribution in [2.45, 2.75) is 84.6 Å². The van der Waals surface area contributed by atoms with Crippen molar-refractivity contribution in [3.63, 3.8) is 0 Å². The van der Waals surface area contributed by atoms with E-state index in [2.05, 4.69) is 50.4 Å². The number of benzene rings is 1. The molecule has 0 bridgehead atoms. The van der Waals surface area contributed by atoms with E-state index in [1.165, 1.54) is 68.9 Å². The number of hydrogen-bond donors (Lipinski definition) is 1. The maximum Gasteiger partial charge on any atom is 0.0320 e. The Kier molecular flexibility index (Phi) is 10.2. The van der Waals surface area contributed by atoms with Crippen molar-refractivity contribution < 1.29 is 0 Å². The summed E-state index contributed by atoms with van der Waals surface area (Å²) in [4.78, 5) is 0. The lowest BCUT2D eigenvalue weighted by Gasteiger charge is -2.19. The molecule has 1 atom stereocenters. The van der Waals surface area contributed by atoms with Crippen LogP contribution < -0.4 is 5.32 Å². The van der Waals surface area contributed by atoms with Gasteiger partial charge in [-0.2, -0.15) is 0 Å². The molecule has 21 heavy (non-hydrogen) atoms. The molecule has 1 unspecified atom stereocenters. The third kappa shape index (κ3) is 8.26. The van der Waals surface area contributed by atoms with Crippen LogP contribution in [0.25, 0.3) is 0 Å². The first kappa shape index (κ1) is 18.2. The van der Waals surface area contributed by atoms with E-state index in [-0.39, 0.29) is 0 Å². The SMILES string of the molecule is CCCCCCCCCCC(NCC)c1cccc(C)c1. The molecule has 0 saturated heterocycles. The van der Waals surface area contributed by atoms with Gasteiger partial charge < -0.3 is 5.32 Å². The van der Waals surface area contributed by atoms with E-state index in [9.17, 15) is 0 Å². The molecule has 1 heteroatoms. The van der Waals surface area contributed by atoms with Crippen LogP contribution in [0.1, 0.15) is 88.8 Å². The van der Waals surface area contributed by atoms with E-state index in [1.807, 2.05) is 0 Å². The Labute approximate surface area is 132 Å². The van der Waals surface area contributed by atoms with Gasteiger partial charge in [-0.15, -0.1) is 0 Å². The monoisotopic (exact) mass is 289 g/mol. The fourth-order valence-electron chi connectivity index (χ4n) is 3.00. The summed E-state index contributed by atoms with van der Waals surface area (Å²) in [5.74, 6) is 0. The number of unbranched alkanes of at least 4 members (excludes halogenated alkanes) is 7. The summed E-state index contributed by atoms with van der Waals surface area (Å²) in [5, 5.41) is 3.64. The molecule has 1 aromatic carbocycles. The third-order valence-electron chi connectivity index (χ3n) is 4.24. The number of aryl methyl sites for hydroxylation is 1. The topological polar surface area (TPSA) is 12.0 Å². The molecule has 0 aromatic heterocycles. The fourth-order valence-corrected chi connectivity index (χ4v) is 3.00. The van der Waals surface area contributed by atoms with Crippen LogP contribution in [-0.4, -0.2) is 6.54 Å². The van der Waals surface area contributed by atoms with Crippen LogP contribution in [-0.2, 0) is 0 Å². The van der Waals surface area contributed by atoms with Gasteiger partial charge in [0.15, 0.2) is 0 Å². The van der Waals surface area contributed by atoms with Gasteiger partial charge in [0.1, 0.15) is 0 Å². The summed E-state index contributed by atoms with van der Waals surface area (Å²) in [6, 6.07) is 9.50. The van der Waals surface area contributed by atoms with Gasteiger partial charge in [0.2, 0.25) is 0 Å². The zero-order valence-corrected chi connectivity index (χ0v) is 14.5. The van der Waals surface area contributed by atoms with Crippen molar-refractivity contribution in [2.24, 2.45) is 0 Å². The van der Waals surface area contributed by atoms with Crippen molar-refractivity contribution in [3.8, 4) is 0 Å². The van der Waals surface area contributed by atoms with E-state index in [0.29, 0.717) is 6.04 Å². The van der Waals surface area contributed by atoms with Gasteiger partial charge in [-0.3, -0.25) is 0 Å². The molecule has 0 radical (unpaired) electrons. The van der Waals surface area contributed by atoms with Crippen LogP contribution in [0, 0.1) is 6.92 Å². The van der Waals surface area contributed by atoms with Crippen molar-refractivity contribution in [2.75, 3.05) is 6.54 Å². The lowest BCUT2D eigenvalue weighted by atomic mass is 9.98. The Hall–Kier alpha value is -0.820. The van der Waals surface area contributed by atoms with Crippen molar-refractivity contribution >= 4 is 0 Å². The van der Waals surface area contributed by atoms with Gasteiger partial charge in [-0.05, 0) is 25.5 Å². The molecule has 0 heterocycles. The van der Waals surface area contributed by atoms with Gasteiger partial charge in [-0.1, -0.05) is 95.0 Å². The van der Waals surface area contributed by atoms with Crippen LogP contribution in [0.4, 0.5) is 0 Å². The Morgan fingerprint density at radius 3 is 2.19 bits per heavy atom. The molecule has 1 rings (SSSR count). The second kappa shape index (κ2) is 11.8. The van der Waals surface area contributed by atoms with Gasteiger partial charge >= 0.3 is 0 Å². The maximum absolute atomic E-state index is 3.64. The summed E-state index contributed by atoms with van der Waals surface area (Å²) < 4.78 is 0. The number of nitrogens with one attached hydrogen (secondary N) is 1. The second-order valence-corrected chi connectivity index (χ2v) is 6.29. The fraction of sp³-hybridized carbons (Fsp3) is 0.700. The zero-order chi connectivity index (χ0) is 15.3. The van der Waals surface area contributed by atoms with Gasteiger partial charge in [0.05, 0.1) is 0 Å². The molecule has 0 aliphatic carbocycles. The largest absolute Gasteiger partial charge is 0.310 e. The highest BCUT2D eigenvalue weighted by molar-refractivity contribution is 5.25. The van der Waals surface area contributed by atoms with Crippen LogP contribution >= 0.6 is 0 Å². The Morgan fingerprint density at radius 2 is 1.57 bits per heavy atom. The van der Waals surface area contributed by atoms with E-state index in [1.54, 1.807) is 0 Å². The van der Waals surface area contributed by atoms with E-state index >= 15 is 0 Å². The van der Waals surface area contributed by atoms with E-state index in [4.69, 9.17) is 0 Å². The molecule has 0 saturated carbocycles. The molecule has 0 aliphatic rings. The quantitative estimate of drug-likeness (QED) is 0.453. The lowest BCUT2D eigenvalue weighted by Crippen LogP contribution is -2.20. The van der Waals surface area contributed by atoms with Crippen LogP contribution in [0.5, 0.6) is 0 Å². The molecule has 1 N–H and O–H groups in total. The van der Waals surface area contributed by atoms with Crippen LogP contribution in [0.3, 0.4) is 0 Å². The Bertz CT molecular complexity index is 359. The molecule has 1 nitrogen and oxygen atoms in total. The van der Waals surface area contributed by atoms with E-state index in [0.717, 1.165) is 6.54 Å². The van der Waals surface area contributed by atoms with Gasteiger partial charge in [0.25, 0.3) is 0 Å². The first-order chi connectivity index (χ1) is 10.3. The van der Waals surface area contributed by atoms with Crippen LogP contribution in [0.15, 0.2) is 24.3 Å². The summed E-state index contributed by atoms with van der Waals surface area (Å²) >= 11 is 0. The van der Waals surface area contributed by atoms with E-state index < -0.39 is 0 Å². The summed E-state index contributed by atoms with van der Waals surface area (Å²) in [5.41, 5.74) is 2.83. The zero-order valence-electron chi connectivity index (χ0n) is 14.5. The maximum atomic E-state index is 3.64. The summed E-state index contributed by atoms with van der Waals surface area (Å²) in [6.07, 6.45) is 12.5. The molecule has 0 amide bonds. The molecule has 120 valence electrons. The minimum Gasteiger partial charge on any atom is -0.310 e. The average Bonchev–Trinajstić information content (AvgIpc) is 2.49. The highest BCUT2D eigenvalue weighted by Gasteiger charge is 2.09. The predicted octanol–water partition coefficient (Wildman–Crippen LogP) is 6.18. The van der Waals surface area contributed by atoms with Gasteiger partial charge in [-0.25, -0.2) is 0 Å². The van der Waals surface area contributed by atoms with Crippen molar-refractivity contribution in [3.05, 3.63) is 35.4 Å². The van der Waals surface area contributed by atoms with Crippen LogP contribution in [0.2, 0.25) is 0 Å². The summed E-state index contributed by atoms with van der Waals surface area (Å²) in [7, 11) is 0. The lowest BCUT2D eigenvalue weighted by molar-refractivity contribution is 0.475. The second-order valence-electron chi connectivity index (χ2n) is 6.29. The molecular weight excluding hydrogens is 254 g/mol. The highest BCUT2D eigenvalue weighted by Crippen LogP contribution is 2.21. The minimum absolute atomic E-state index is 0.537. The molecule has 0 spiro atoms. The van der Waals surface area contributed by atoms with Crippen molar-refractivity contribution in [1.29, 1.82) is 0 Å². The minimum atomic E-state index is 0.537. The molecular formula is C20H35N. The highest BCUT2D eigenvalue weighted by atomic mass is 14.9. The number of rotatable bonds is 12. The smallest absolute Gasteiger partial charge is 0.0320 e. The average molecular weight is 290 g/mol. The standard InChI is InChI=1S/C20H35N/c1-4-6-7-8-9-10-11-12-16-20(21-5-2)19-15-13-14-18(3)17-19/h13-15,17,20-21H,4-12,16H2,1-3H3. The van der Waals surface area contributed by atoms with Gasteiger partial charge in [0, 0.05) is 6.04 Å².